The number of hydrogen-bond acceptors (Lipinski definition) is 3. The highest BCUT2D eigenvalue weighted by Crippen LogP contribution is 2.31. The standard InChI is InChI=1S/C19H19NO3S/c1-15-18(24(22,23)17-11-6-3-7-12-17)13-8-14-20(15)19(21)16-9-4-2-5-10-16/h2-7,9-12H,8,13-14H2,1H3. The largest absolute Gasteiger partial charge is 0.311 e. The van der Waals surface area contributed by atoms with Gasteiger partial charge >= 0.3 is 0 Å². The number of sulfone groups is 1. The normalized spacial score (nSPS) is 15.5. The fourth-order valence-electron chi connectivity index (χ4n) is 2.96. The van der Waals surface area contributed by atoms with E-state index in [4.69, 9.17) is 0 Å². The van der Waals surface area contributed by atoms with Crippen LogP contribution in [0, 0.1) is 0 Å². The summed E-state index contributed by atoms with van der Waals surface area (Å²) in [5, 5.41) is 0. The average molecular weight is 341 g/mol. The van der Waals surface area contributed by atoms with Crippen LogP contribution in [0.5, 0.6) is 0 Å². The molecule has 5 heteroatoms. The first-order valence-electron chi connectivity index (χ1n) is 7.88. The van der Waals surface area contributed by atoms with Crippen LogP contribution < -0.4 is 0 Å². The van der Waals surface area contributed by atoms with Crippen LogP contribution in [0.3, 0.4) is 0 Å². The Bertz CT molecular complexity index is 871. The van der Waals surface area contributed by atoms with Crippen molar-refractivity contribution in [3.8, 4) is 0 Å². The van der Waals surface area contributed by atoms with Crippen LogP contribution in [0.15, 0.2) is 76.2 Å². The van der Waals surface area contributed by atoms with Crippen LogP contribution in [-0.4, -0.2) is 25.8 Å². The molecule has 1 heterocycles. The van der Waals surface area contributed by atoms with Gasteiger partial charge in [-0.2, -0.15) is 0 Å². The molecule has 0 N–H and O–H groups in total. The molecule has 0 saturated heterocycles. The molecule has 124 valence electrons. The summed E-state index contributed by atoms with van der Waals surface area (Å²) in [4.78, 5) is 14.9. The Kier molecular flexibility index (Phi) is 4.53. The van der Waals surface area contributed by atoms with Gasteiger partial charge in [0.25, 0.3) is 5.91 Å². The Morgan fingerprint density at radius 2 is 1.54 bits per heavy atom. The van der Waals surface area contributed by atoms with Gasteiger partial charge in [0.05, 0.1) is 9.80 Å². The van der Waals surface area contributed by atoms with E-state index in [2.05, 4.69) is 0 Å². The van der Waals surface area contributed by atoms with E-state index in [1.165, 1.54) is 0 Å². The first-order chi connectivity index (χ1) is 11.5. The van der Waals surface area contributed by atoms with Crippen LogP contribution in [-0.2, 0) is 9.84 Å². The maximum atomic E-state index is 12.9. The molecule has 3 rings (SSSR count). The van der Waals surface area contributed by atoms with Gasteiger partial charge in [0.15, 0.2) is 0 Å². The number of carbonyl (C=O) groups excluding carboxylic acids is 1. The molecule has 1 aliphatic heterocycles. The van der Waals surface area contributed by atoms with Crippen molar-refractivity contribution in [1.82, 2.24) is 4.90 Å². The predicted octanol–water partition coefficient (Wildman–Crippen LogP) is 3.63. The van der Waals surface area contributed by atoms with E-state index in [-0.39, 0.29) is 10.8 Å². The molecule has 0 atom stereocenters. The lowest BCUT2D eigenvalue weighted by Crippen LogP contribution is -2.35. The van der Waals surface area contributed by atoms with Crippen molar-refractivity contribution in [3.63, 3.8) is 0 Å². The highest BCUT2D eigenvalue weighted by Gasteiger charge is 2.30. The summed E-state index contributed by atoms with van der Waals surface area (Å²) in [6.07, 6.45) is 1.10. The summed E-state index contributed by atoms with van der Waals surface area (Å²) in [7, 11) is -3.57. The Hall–Kier alpha value is -2.40. The lowest BCUT2D eigenvalue weighted by atomic mass is 10.1. The third-order valence-electron chi connectivity index (χ3n) is 4.24. The maximum absolute atomic E-state index is 12.9. The van der Waals surface area contributed by atoms with E-state index < -0.39 is 9.84 Å². The topological polar surface area (TPSA) is 54.5 Å². The Morgan fingerprint density at radius 1 is 0.958 bits per heavy atom. The van der Waals surface area contributed by atoms with Gasteiger partial charge in [-0.05, 0) is 44.0 Å². The fourth-order valence-corrected chi connectivity index (χ4v) is 4.67. The molecule has 4 nitrogen and oxygen atoms in total. The molecule has 0 saturated carbocycles. The van der Waals surface area contributed by atoms with E-state index in [9.17, 15) is 13.2 Å². The second-order valence-corrected chi connectivity index (χ2v) is 7.72. The average Bonchev–Trinajstić information content (AvgIpc) is 2.62. The number of hydrogen-bond donors (Lipinski definition) is 0. The lowest BCUT2D eigenvalue weighted by molar-refractivity contribution is 0.0796. The molecule has 24 heavy (non-hydrogen) atoms. The minimum Gasteiger partial charge on any atom is -0.311 e. The molecule has 1 aliphatic rings. The molecule has 0 fully saturated rings. The molecule has 0 unspecified atom stereocenters. The summed E-state index contributed by atoms with van der Waals surface area (Å²) < 4.78 is 25.8. The highest BCUT2D eigenvalue weighted by molar-refractivity contribution is 7.95. The third-order valence-corrected chi connectivity index (χ3v) is 6.28. The zero-order valence-electron chi connectivity index (χ0n) is 13.5. The summed E-state index contributed by atoms with van der Waals surface area (Å²) in [5.41, 5.74) is 1.09. The van der Waals surface area contributed by atoms with Gasteiger partial charge in [-0.25, -0.2) is 8.42 Å². The fraction of sp³-hybridized carbons (Fsp3) is 0.211. The number of nitrogens with zero attached hydrogens (tertiary/aromatic N) is 1. The van der Waals surface area contributed by atoms with E-state index in [1.807, 2.05) is 6.07 Å². The van der Waals surface area contributed by atoms with Crippen LogP contribution in [0.25, 0.3) is 0 Å². The monoisotopic (exact) mass is 341 g/mol. The van der Waals surface area contributed by atoms with Crippen molar-refractivity contribution in [2.75, 3.05) is 6.54 Å². The van der Waals surface area contributed by atoms with Gasteiger partial charge in [-0.3, -0.25) is 4.79 Å². The first-order valence-corrected chi connectivity index (χ1v) is 9.37. The molecule has 2 aromatic carbocycles. The molecular formula is C19H19NO3S. The summed E-state index contributed by atoms with van der Waals surface area (Å²) in [6.45, 7) is 2.25. The number of benzene rings is 2. The van der Waals surface area contributed by atoms with E-state index in [0.717, 1.165) is 0 Å². The predicted molar refractivity (Wildman–Crippen MR) is 93.0 cm³/mol. The first kappa shape index (κ1) is 16.5. The molecule has 0 spiro atoms. The summed E-state index contributed by atoms with van der Waals surface area (Å²) in [6, 6.07) is 17.3. The lowest BCUT2D eigenvalue weighted by Gasteiger charge is -2.30. The van der Waals surface area contributed by atoms with Crippen molar-refractivity contribution >= 4 is 15.7 Å². The van der Waals surface area contributed by atoms with Crippen LogP contribution in [0.2, 0.25) is 0 Å². The smallest absolute Gasteiger partial charge is 0.258 e. The SMILES string of the molecule is CC1=C(S(=O)(=O)c2ccccc2)CCCN1C(=O)c1ccccc1. The molecule has 2 aromatic rings. The number of carbonyl (C=O) groups is 1. The molecule has 0 radical (unpaired) electrons. The Balaban J connectivity index is 2.01. The van der Waals surface area contributed by atoms with Crippen molar-refractivity contribution in [2.24, 2.45) is 0 Å². The molecule has 0 aliphatic carbocycles. The number of rotatable bonds is 3. The van der Waals surface area contributed by atoms with Crippen LogP contribution >= 0.6 is 0 Å². The van der Waals surface area contributed by atoms with Gasteiger partial charge < -0.3 is 4.90 Å². The summed E-state index contributed by atoms with van der Waals surface area (Å²) >= 11 is 0. The van der Waals surface area contributed by atoms with Crippen molar-refractivity contribution in [2.45, 2.75) is 24.7 Å². The van der Waals surface area contributed by atoms with Gasteiger partial charge in [-0.15, -0.1) is 0 Å². The van der Waals surface area contributed by atoms with Crippen molar-refractivity contribution in [3.05, 3.63) is 76.8 Å². The summed E-state index contributed by atoms with van der Waals surface area (Å²) in [5.74, 6) is -0.159. The molecule has 1 amide bonds. The molecular weight excluding hydrogens is 322 g/mol. The van der Waals surface area contributed by atoms with Gasteiger partial charge in [0.1, 0.15) is 0 Å². The van der Waals surface area contributed by atoms with Gasteiger partial charge in [0.2, 0.25) is 9.84 Å². The quantitative estimate of drug-likeness (QED) is 0.857. The second-order valence-electron chi connectivity index (χ2n) is 5.75. The van der Waals surface area contributed by atoms with Crippen LogP contribution in [0.1, 0.15) is 30.1 Å². The van der Waals surface area contributed by atoms with E-state index >= 15 is 0 Å². The molecule has 0 aromatic heterocycles. The second kappa shape index (κ2) is 6.61. The van der Waals surface area contributed by atoms with E-state index in [1.54, 1.807) is 66.4 Å². The minimum atomic E-state index is -3.57. The zero-order chi connectivity index (χ0) is 17.2. The minimum absolute atomic E-state index is 0.159. The van der Waals surface area contributed by atoms with E-state index in [0.29, 0.717) is 35.6 Å². The Labute approximate surface area is 142 Å². The van der Waals surface area contributed by atoms with Crippen molar-refractivity contribution in [1.29, 1.82) is 0 Å². The zero-order valence-corrected chi connectivity index (χ0v) is 14.3. The van der Waals surface area contributed by atoms with Crippen LogP contribution in [0.4, 0.5) is 0 Å². The Morgan fingerprint density at radius 3 is 2.17 bits per heavy atom. The maximum Gasteiger partial charge on any atom is 0.258 e. The highest BCUT2D eigenvalue weighted by atomic mass is 32.2. The number of amides is 1. The number of allylic oxidation sites excluding steroid dienone is 2. The van der Waals surface area contributed by atoms with Gasteiger partial charge in [-0.1, -0.05) is 36.4 Å². The van der Waals surface area contributed by atoms with Gasteiger partial charge in [0, 0.05) is 17.8 Å². The third kappa shape index (κ3) is 2.99. The molecule has 0 bridgehead atoms. The van der Waals surface area contributed by atoms with Crippen molar-refractivity contribution < 1.29 is 13.2 Å².